The number of carbonyl (C=O) groups is 1. The minimum atomic E-state index is -0.511. The van der Waals surface area contributed by atoms with Gasteiger partial charge in [-0.2, -0.15) is 0 Å². The minimum absolute atomic E-state index is 0.00529. The molecule has 29 heavy (non-hydrogen) atoms. The van der Waals surface area contributed by atoms with Crippen LogP contribution in [0.2, 0.25) is 0 Å². The number of aliphatic imine (C=N–C) groups is 1. The number of rotatable bonds is 6. The number of nitrogens with two attached hydrogens (primary N) is 1. The van der Waals surface area contributed by atoms with E-state index in [9.17, 15) is 13.6 Å². The number of Topliss-reactive ketones (excluding diaryl/α,β-unsaturated/α-hetero) is 1. The summed E-state index contributed by atoms with van der Waals surface area (Å²) in [6, 6.07) is 6.20. The molecule has 0 amide bonds. The average molecular weight is 399 g/mol. The zero-order valence-electron chi connectivity index (χ0n) is 16.2. The van der Waals surface area contributed by atoms with E-state index in [2.05, 4.69) is 15.0 Å². The summed E-state index contributed by atoms with van der Waals surface area (Å²) in [7, 11) is 0. The molecule has 2 N–H and O–H groups in total. The molecule has 2 aromatic rings. The molecule has 0 bridgehead atoms. The minimum Gasteiger partial charge on any atom is -0.396 e. The molecule has 8 heteroatoms. The van der Waals surface area contributed by atoms with E-state index in [0.29, 0.717) is 5.56 Å². The first-order chi connectivity index (χ1) is 14.0. The fraction of sp³-hybridized carbons (Fsp3) is 0.333. The van der Waals surface area contributed by atoms with E-state index < -0.39 is 11.6 Å². The van der Waals surface area contributed by atoms with Crippen molar-refractivity contribution >= 4 is 23.0 Å². The number of nitrogens with zero attached hydrogens (tertiary/aromatic N) is 4. The van der Waals surface area contributed by atoms with Gasteiger partial charge in [-0.1, -0.05) is 18.2 Å². The summed E-state index contributed by atoms with van der Waals surface area (Å²) in [4.78, 5) is 26.2. The number of benzene rings is 1. The van der Waals surface area contributed by atoms with Crippen molar-refractivity contribution < 1.29 is 13.6 Å². The Kier molecular flexibility index (Phi) is 6.64. The number of hydrogen-bond acceptors (Lipinski definition) is 6. The molecule has 1 fully saturated rings. The van der Waals surface area contributed by atoms with Gasteiger partial charge >= 0.3 is 0 Å². The van der Waals surface area contributed by atoms with E-state index in [-0.39, 0.29) is 35.4 Å². The van der Waals surface area contributed by atoms with E-state index in [1.165, 1.54) is 19.1 Å². The highest BCUT2D eigenvalue weighted by Gasteiger charge is 2.18. The summed E-state index contributed by atoms with van der Waals surface area (Å²) in [6.45, 7) is 2.78. The van der Waals surface area contributed by atoms with E-state index in [1.54, 1.807) is 18.2 Å². The van der Waals surface area contributed by atoms with Crippen LogP contribution in [0.5, 0.6) is 0 Å². The third-order valence-electron chi connectivity index (χ3n) is 4.67. The van der Waals surface area contributed by atoms with Gasteiger partial charge in [0.05, 0.1) is 18.4 Å². The van der Waals surface area contributed by atoms with Crippen molar-refractivity contribution in [3.8, 4) is 0 Å². The third kappa shape index (κ3) is 5.22. The largest absolute Gasteiger partial charge is 0.396 e. The highest BCUT2D eigenvalue weighted by molar-refractivity contribution is 6.44. The average Bonchev–Trinajstić information content (AvgIpc) is 2.72. The number of aromatic nitrogens is 2. The maximum absolute atomic E-state index is 14.2. The first-order valence-electron chi connectivity index (χ1n) is 9.49. The van der Waals surface area contributed by atoms with Gasteiger partial charge in [0.25, 0.3) is 0 Å². The van der Waals surface area contributed by atoms with Crippen LogP contribution in [0.4, 0.5) is 14.6 Å². The van der Waals surface area contributed by atoms with Crippen molar-refractivity contribution in [2.24, 2.45) is 10.7 Å². The number of ketones is 1. The third-order valence-corrected chi connectivity index (χ3v) is 4.67. The number of hydrogen-bond donors (Lipinski definition) is 1. The van der Waals surface area contributed by atoms with Crippen molar-refractivity contribution in [2.45, 2.75) is 32.7 Å². The molecular weight excluding hydrogens is 376 g/mol. The maximum Gasteiger partial charge on any atom is 0.183 e. The summed E-state index contributed by atoms with van der Waals surface area (Å²) in [6.07, 6.45) is 5.48. The molecule has 0 unspecified atom stereocenters. The smallest absolute Gasteiger partial charge is 0.183 e. The summed E-state index contributed by atoms with van der Waals surface area (Å²) < 4.78 is 28.0. The van der Waals surface area contributed by atoms with Gasteiger partial charge in [-0.15, -0.1) is 0 Å². The Bertz CT molecular complexity index is 952. The molecule has 1 saturated heterocycles. The van der Waals surface area contributed by atoms with Gasteiger partial charge in [0.1, 0.15) is 11.5 Å². The summed E-state index contributed by atoms with van der Waals surface area (Å²) in [5, 5.41) is 0. The second kappa shape index (κ2) is 9.36. The second-order valence-corrected chi connectivity index (χ2v) is 6.86. The molecule has 1 aliphatic heterocycles. The lowest BCUT2D eigenvalue weighted by Crippen LogP contribution is -2.31. The molecule has 2 heterocycles. The van der Waals surface area contributed by atoms with Gasteiger partial charge in [-0.3, -0.25) is 9.79 Å². The molecule has 0 atom stereocenters. The van der Waals surface area contributed by atoms with Crippen LogP contribution < -0.4 is 10.6 Å². The Morgan fingerprint density at radius 3 is 2.62 bits per heavy atom. The van der Waals surface area contributed by atoms with Crippen molar-refractivity contribution in [3.63, 3.8) is 0 Å². The summed E-state index contributed by atoms with van der Waals surface area (Å²) >= 11 is 0. The van der Waals surface area contributed by atoms with Gasteiger partial charge in [0.15, 0.2) is 23.2 Å². The van der Waals surface area contributed by atoms with Crippen LogP contribution in [0.3, 0.4) is 0 Å². The molecule has 0 aliphatic carbocycles. The van der Waals surface area contributed by atoms with Crippen molar-refractivity contribution in [1.82, 2.24) is 9.97 Å². The van der Waals surface area contributed by atoms with Crippen molar-refractivity contribution in [2.75, 3.05) is 18.0 Å². The van der Waals surface area contributed by atoms with Crippen LogP contribution in [0.15, 0.2) is 41.5 Å². The van der Waals surface area contributed by atoms with Crippen LogP contribution >= 0.6 is 0 Å². The van der Waals surface area contributed by atoms with Gasteiger partial charge in [0, 0.05) is 25.6 Å². The molecule has 152 valence electrons. The predicted molar refractivity (Wildman–Crippen MR) is 108 cm³/mol. The second-order valence-electron chi connectivity index (χ2n) is 6.86. The Balaban J connectivity index is 1.86. The number of anilines is 1. The first kappa shape index (κ1) is 20.6. The predicted octanol–water partition coefficient (Wildman–Crippen LogP) is 3.27. The van der Waals surface area contributed by atoms with Crippen molar-refractivity contribution in [3.05, 3.63) is 59.6 Å². The molecule has 3 rings (SSSR count). The molecule has 0 saturated carbocycles. The van der Waals surface area contributed by atoms with E-state index in [0.717, 1.165) is 38.5 Å². The first-order valence-corrected chi connectivity index (χ1v) is 9.49. The number of piperidine rings is 1. The lowest BCUT2D eigenvalue weighted by molar-refractivity contribution is -0.111. The maximum atomic E-state index is 14.2. The Morgan fingerprint density at radius 1 is 1.21 bits per heavy atom. The van der Waals surface area contributed by atoms with Gasteiger partial charge in [0.2, 0.25) is 0 Å². The van der Waals surface area contributed by atoms with E-state index in [4.69, 9.17) is 5.73 Å². The highest BCUT2D eigenvalue weighted by atomic mass is 19.1. The SMILES string of the molecule is CC(=O)C(C=C(N)c1ncc(F)c(N2CCCCC2)n1)=NCc1ccccc1F. The molecule has 0 radical (unpaired) electrons. The monoisotopic (exact) mass is 399 g/mol. The van der Waals surface area contributed by atoms with Crippen molar-refractivity contribution in [1.29, 1.82) is 0 Å². The van der Waals surface area contributed by atoms with Gasteiger partial charge in [-0.25, -0.2) is 18.7 Å². The Morgan fingerprint density at radius 2 is 1.93 bits per heavy atom. The highest BCUT2D eigenvalue weighted by Crippen LogP contribution is 2.21. The van der Waals surface area contributed by atoms with Crippen LogP contribution in [0, 0.1) is 11.6 Å². The summed E-state index contributed by atoms with van der Waals surface area (Å²) in [5.41, 5.74) is 6.59. The van der Waals surface area contributed by atoms with Crippen LogP contribution in [-0.4, -0.2) is 34.6 Å². The van der Waals surface area contributed by atoms with Crippen LogP contribution in [0.25, 0.3) is 5.70 Å². The topological polar surface area (TPSA) is 84.5 Å². The normalized spacial score (nSPS) is 15.5. The zero-order chi connectivity index (χ0) is 20.8. The molecule has 1 aliphatic rings. The fourth-order valence-electron chi connectivity index (χ4n) is 3.09. The van der Waals surface area contributed by atoms with E-state index >= 15 is 0 Å². The number of allylic oxidation sites excluding steroid dienone is 1. The molecule has 0 spiro atoms. The van der Waals surface area contributed by atoms with Crippen LogP contribution in [0.1, 0.15) is 37.6 Å². The summed E-state index contributed by atoms with van der Waals surface area (Å²) in [5.74, 6) is -0.916. The number of carbonyl (C=O) groups excluding carboxylic acids is 1. The number of halogens is 2. The lowest BCUT2D eigenvalue weighted by Gasteiger charge is -2.28. The zero-order valence-corrected chi connectivity index (χ0v) is 16.2. The molecule has 1 aromatic carbocycles. The molecular formula is C21H23F2N5O. The van der Waals surface area contributed by atoms with E-state index in [1.807, 2.05) is 4.90 Å². The molecule has 1 aromatic heterocycles. The van der Waals surface area contributed by atoms with Gasteiger partial charge < -0.3 is 10.6 Å². The van der Waals surface area contributed by atoms with Crippen LogP contribution in [-0.2, 0) is 11.3 Å². The quantitative estimate of drug-likeness (QED) is 0.754. The Labute approximate surface area is 168 Å². The Hall–Kier alpha value is -3.16. The van der Waals surface area contributed by atoms with Gasteiger partial charge in [-0.05, 0) is 31.4 Å². The fourth-order valence-corrected chi connectivity index (χ4v) is 3.09. The molecule has 6 nitrogen and oxygen atoms in total. The standard InChI is InChI=1S/C21H23F2N5O/c1-14(29)19(25-12-15-7-3-4-8-16(15)22)11-18(24)20-26-13-17(23)21(27-20)28-9-5-2-6-10-28/h3-4,7-8,11,13H,2,5-6,9-10,12,24H2,1H3. The lowest BCUT2D eigenvalue weighted by atomic mass is 10.1.